The van der Waals surface area contributed by atoms with Crippen molar-refractivity contribution in [2.75, 3.05) is 0 Å². The van der Waals surface area contributed by atoms with Crippen molar-refractivity contribution in [2.45, 2.75) is 72.5 Å². The highest BCUT2D eigenvalue weighted by Crippen LogP contribution is 2.21. The van der Waals surface area contributed by atoms with E-state index in [0.29, 0.717) is 18.0 Å². The van der Waals surface area contributed by atoms with Crippen molar-refractivity contribution >= 4 is 23.4 Å². The zero-order valence-corrected chi connectivity index (χ0v) is 19.4. The van der Waals surface area contributed by atoms with Crippen LogP contribution in [0.15, 0.2) is 42.5 Å². The Kier molecular flexibility index (Phi) is 8.91. The topological polar surface area (TPSA) is 49.4 Å². The normalized spacial score (nSPS) is 12.9. The quantitative estimate of drug-likeness (QED) is 0.595. The lowest BCUT2D eigenvalue weighted by Crippen LogP contribution is -2.51. The van der Waals surface area contributed by atoms with Gasteiger partial charge >= 0.3 is 0 Å². The predicted molar refractivity (Wildman–Crippen MR) is 124 cm³/mol. The molecule has 4 nitrogen and oxygen atoms in total. The predicted octanol–water partition coefficient (Wildman–Crippen LogP) is 5.22. The molecule has 0 unspecified atom stereocenters. The van der Waals surface area contributed by atoms with Crippen LogP contribution < -0.4 is 5.32 Å². The fourth-order valence-corrected chi connectivity index (χ4v) is 3.56. The second kappa shape index (κ2) is 11.2. The maximum atomic E-state index is 13.4. The van der Waals surface area contributed by atoms with Crippen LogP contribution in [0.1, 0.15) is 55.9 Å². The van der Waals surface area contributed by atoms with Gasteiger partial charge in [0.05, 0.1) is 6.42 Å². The lowest BCUT2D eigenvalue weighted by atomic mass is 10.0. The number of hydrogen-bond acceptors (Lipinski definition) is 2. The number of carbonyl (C=O) groups is 2. The Morgan fingerprint density at radius 3 is 2.33 bits per heavy atom. The molecule has 5 heteroatoms. The molecule has 2 amide bonds. The van der Waals surface area contributed by atoms with Crippen LogP contribution >= 0.6 is 11.6 Å². The third-order valence-electron chi connectivity index (χ3n) is 5.61. The van der Waals surface area contributed by atoms with Crippen LogP contribution in [-0.4, -0.2) is 28.8 Å². The first-order chi connectivity index (χ1) is 14.3. The highest BCUT2D eigenvalue weighted by molar-refractivity contribution is 6.31. The molecule has 0 saturated heterocycles. The smallest absolute Gasteiger partial charge is 0.243 e. The van der Waals surface area contributed by atoms with E-state index < -0.39 is 6.04 Å². The fraction of sp³-hybridized carbons (Fsp3) is 0.440. The number of aryl methyl sites for hydroxylation is 2. The average Bonchev–Trinajstić information content (AvgIpc) is 2.71. The minimum absolute atomic E-state index is 0.0589. The molecular weight excluding hydrogens is 396 g/mol. The van der Waals surface area contributed by atoms with Crippen molar-refractivity contribution in [2.24, 2.45) is 0 Å². The van der Waals surface area contributed by atoms with Crippen LogP contribution in [0.4, 0.5) is 0 Å². The van der Waals surface area contributed by atoms with Gasteiger partial charge in [0, 0.05) is 17.6 Å². The summed E-state index contributed by atoms with van der Waals surface area (Å²) in [6, 6.07) is 13.0. The Morgan fingerprint density at radius 1 is 1.03 bits per heavy atom. The lowest BCUT2D eigenvalue weighted by Gasteiger charge is -2.32. The minimum Gasteiger partial charge on any atom is -0.352 e. The van der Waals surface area contributed by atoms with Gasteiger partial charge in [-0.2, -0.15) is 0 Å². The van der Waals surface area contributed by atoms with Gasteiger partial charge in [0.1, 0.15) is 6.04 Å². The Morgan fingerprint density at radius 2 is 1.73 bits per heavy atom. The molecule has 0 aliphatic rings. The van der Waals surface area contributed by atoms with E-state index in [1.165, 1.54) is 5.56 Å². The molecule has 2 aromatic rings. The molecule has 30 heavy (non-hydrogen) atoms. The third kappa shape index (κ3) is 6.33. The zero-order valence-electron chi connectivity index (χ0n) is 18.7. The maximum Gasteiger partial charge on any atom is 0.243 e. The highest BCUT2D eigenvalue weighted by atomic mass is 35.5. The van der Waals surface area contributed by atoms with Crippen molar-refractivity contribution in [3.8, 4) is 0 Å². The van der Waals surface area contributed by atoms with Gasteiger partial charge in [0.25, 0.3) is 0 Å². The van der Waals surface area contributed by atoms with E-state index in [0.717, 1.165) is 23.1 Å². The summed E-state index contributed by atoms with van der Waals surface area (Å²) < 4.78 is 0. The zero-order chi connectivity index (χ0) is 22.3. The van der Waals surface area contributed by atoms with Gasteiger partial charge in [0.15, 0.2) is 0 Å². The standard InChI is InChI=1S/C25H33ClN2O2/c1-6-19(5)27-25(30)23(7-2)28(16-21-10-8-9-11-22(21)26)24(29)15-20-13-12-17(3)18(4)14-20/h8-14,19,23H,6-7,15-16H2,1-5H3,(H,27,30)/t19-,23+/m1/s1. The van der Waals surface area contributed by atoms with E-state index in [4.69, 9.17) is 11.6 Å². The first-order valence-corrected chi connectivity index (χ1v) is 11.0. The monoisotopic (exact) mass is 428 g/mol. The summed E-state index contributed by atoms with van der Waals surface area (Å²) in [6.45, 7) is 10.3. The van der Waals surface area contributed by atoms with Crippen molar-refractivity contribution < 1.29 is 9.59 Å². The molecule has 2 rings (SSSR count). The van der Waals surface area contributed by atoms with Gasteiger partial charge < -0.3 is 10.2 Å². The van der Waals surface area contributed by atoms with Gasteiger partial charge in [-0.3, -0.25) is 9.59 Å². The van der Waals surface area contributed by atoms with E-state index in [1.54, 1.807) is 4.90 Å². The van der Waals surface area contributed by atoms with Gasteiger partial charge in [-0.25, -0.2) is 0 Å². The molecule has 0 aliphatic carbocycles. The first kappa shape index (κ1) is 23.9. The number of halogens is 1. The largest absolute Gasteiger partial charge is 0.352 e. The molecule has 162 valence electrons. The van der Waals surface area contributed by atoms with Crippen molar-refractivity contribution in [3.63, 3.8) is 0 Å². The third-order valence-corrected chi connectivity index (χ3v) is 5.98. The SMILES string of the molecule is CC[C@@H](C)NC(=O)[C@H](CC)N(Cc1ccccc1Cl)C(=O)Cc1ccc(C)c(C)c1. The first-order valence-electron chi connectivity index (χ1n) is 10.7. The second-order valence-electron chi connectivity index (χ2n) is 7.95. The number of nitrogens with zero attached hydrogens (tertiary/aromatic N) is 1. The maximum absolute atomic E-state index is 13.4. The summed E-state index contributed by atoms with van der Waals surface area (Å²) in [5, 5.41) is 3.63. The van der Waals surface area contributed by atoms with Crippen LogP contribution in [0.25, 0.3) is 0 Å². The average molecular weight is 429 g/mol. The van der Waals surface area contributed by atoms with Gasteiger partial charge in [-0.15, -0.1) is 0 Å². The molecule has 0 aliphatic heterocycles. The van der Waals surface area contributed by atoms with E-state index in [2.05, 4.69) is 12.2 Å². The molecule has 2 atom stereocenters. The highest BCUT2D eigenvalue weighted by Gasteiger charge is 2.29. The van der Waals surface area contributed by atoms with Gasteiger partial charge in [-0.05, 0) is 61.9 Å². The molecule has 0 spiro atoms. The van der Waals surface area contributed by atoms with Gasteiger partial charge in [0.2, 0.25) is 11.8 Å². The van der Waals surface area contributed by atoms with E-state index in [-0.39, 0.29) is 24.3 Å². The number of hydrogen-bond donors (Lipinski definition) is 1. The summed E-state index contributed by atoms with van der Waals surface area (Å²) in [5.41, 5.74) is 4.13. The Labute approximate surface area is 185 Å². The Hall–Kier alpha value is -2.33. The summed E-state index contributed by atoms with van der Waals surface area (Å²) in [7, 11) is 0. The van der Waals surface area contributed by atoms with Crippen LogP contribution in [-0.2, 0) is 22.6 Å². The number of amides is 2. The molecule has 0 heterocycles. The van der Waals surface area contributed by atoms with Crippen molar-refractivity contribution in [3.05, 3.63) is 69.7 Å². The summed E-state index contributed by atoms with van der Waals surface area (Å²) in [5.74, 6) is -0.198. The summed E-state index contributed by atoms with van der Waals surface area (Å²) >= 11 is 6.37. The second-order valence-corrected chi connectivity index (χ2v) is 8.36. The van der Waals surface area contributed by atoms with Gasteiger partial charge in [-0.1, -0.05) is 61.8 Å². The van der Waals surface area contributed by atoms with Crippen LogP contribution in [0.5, 0.6) is 0 Å². The van der Waals surface area contributed by atoms with Crippen molar-refractivity contribution in [1.82, 2.24) is 10.2 Å². The van der Waals surface area contributed by atoms with E-state index in [9.17, 15) is 9.59 Å². The molecular formula is C25H33ClN2O2. The Bertz CT molecular complexity index is 881. The number of nitrogens with one attached hydrogen (secondary N) is 1. The molecule has 0 fully saturated rings. The Balaban J connectivity index is 2.33. The summed E-state index contributed by atoms with van der Waals surface area (Å²) in [4.78, 5) is 28.0. The number of carbonyl (C=O) groups excluding carboxylic acids is 2. The minimum atomic E-state index is -0.547. The molecule has 2 aromatic carbocycles. The lowest BCUT2D eigenvalue weighted by molar-refractivity contribution is -0.141. The van der Waals surface area contributed by atoms with Crippen LogP contribution in [0, 0.1) is 13.8 Å². The molecule has 0 saturated carbocycles. The van der Waals surface area contributed by atoms with E-state index >= 15 is 0 Å². The van der Waals surface area contributed by atoms with Crippen molar-refractivity contribution in [1.29, 1.82) is 0 Å². The van der Waals surface area contributed by atoms with E-state index in [1.807, 2.05) is 70.2 Å². The number of benzene rings is 2. The molecule has 0 radical (unpaired) electrons. The number of rotatable bonds is 9. The molecule has 0 aromatic heterocycles. The summed E-state index contributed by atoms with van der Waals surface area (Å²) in [6.07, 6.45) is 1.62. The fourth-order valence-electron chi connectivity index (χ4n) is 3.36. The molecule has 0 bridgehead atoms. The molecule has 1 N–H and O–H groups in total. The van der Waals surface area contributed by atoms with Crippen LogP contribution in [0.2, 0.25) is 5.02 Å². The van der Waals surface area contributed by atoms with Crippen LogP contribution in [0.3, 0.4) is 0 Å².